The van der Waals surface area contributed by atoms with Crippen molar-refractivity contribution in [1.29, 1.82) is 0 Å². The first-order valence-corrected chi connectivity index (χ1v) is 5.92. The first-order chi connectivity index (χ1) is 7.30. The Labute approximate surface area is 97.5 Å². The number of rotatable bonds is 1. The molecule has 0 aromatic rings. The number of nitrogens with zero attached hydrogens (tertiary/aromatic N) is 1. The van der Waals surface area contributed by atoms with Crippen LogP contribution in [0.5, 0.6) is 0 Å². The summed E-state index contributed by atoms with van der Waals surface area (Å²) in [6.07, 6.45) is -3.09. The summed E-state index contributed by atoms with van der Waals surface area (Å²) in [6.45, 7) is 3.05. The van der Waals surface area contributed by atoms with E-state index in [9.17, 15) is 15.3 Å². The average Bonchev–Trinajstić information content (AvgIpc) is 2.51. The molecular weight excluding hydrogens is 232 g/mol. The minimum Gasteiger partial charge on any atom is -0.388 e. The van der Waals surface area contributed by atoms with E-state index in [1.54, 1.807) is 0 Å². The van der Waals surface area contributed by atoms with Crippen molar-refractivity contribution in [3.63, 3.8) is 0 Å². The number of fused-ring (bicyclic) bond motifs is 1. The molecule has 0 aromatic carbocycles. The van der Waals surface area contributed by atoms with Crippen LogP contribution >= 0.6 is 11.8 Å². The van der Waals surface area contributed by atoms with Crippen molar-refractivity contribution >= 4 is 16.9 Å². The van der Waals surface area contributed by atoms with Crippen LogP contribution in [0.25, 0.3) is 0 Å². The standard InChI is InChI=1S/C9H16N2O4S/c1-9(2,14)6-5(13)4(12)3-7(15-6)16-8(10)11-3/h3-7,12-14H,1-2H3,(H2,10,11)/t3-,4-,5+,6+,7-/m1/s1. The Balaban J connectivity index is 2.20. The SMILES string of the molecule is CC(C)(O)[C@H]1O[C@@H]2SC(N)=N[C@@H]2[C@@H](O)[C@@H]1O. The highest BCUT2D eigenvalue weighted by Gasteiger charge is 2.51. The zero-order valence-electron chi connectivity index (χ0n) is 9.07. The lowest BCUT2D eigenvalue weighted by Crippen LogP contribution is -2.61. The molecule has 5 atom stereocenters. The third kappa shape index (κ3) is 1.93. The van der Waals surface area contributed by atoms with E-state index in [0.717, 1.165) is 0 Å². The molecular formula is C9H16N2O4S. The monoisotopic (exact) mass is 248 g/mol. The summed E-state index contributed by atoms with van der Waals surface area (Å²) in [7, 11) is 0. The van der Waals surface area contributed by atoms with Gasteiger partial charge in [-0.1, -0.05) is 11.8 Å². The minimum atomic E-state index is -1.23. The zero-order valence-corrected chi connectivity index (χ0v) is 9.89. The Morgan fingerprint density at radius 2 is 2.00 bits per heavy atom. The lowest BCUT2D eigenvalue weighted by molar-refractivity contribution is -0.208. The maximum atomic E-state index is 9.88. The van der Waals surface area contributed by atoms with Crippen molar-refractivity contribution in [1.82, 2.24) is 0 Å². The van der Waals surface area contributed by atoms with Crippen LogP contribution in [0.15, 0.2) is 4.99 Å². The van der Waals surface area contributed by atoms with E-state index in [1.807, 2.05) is 0 Å². The maximum absolute atomic E-state index is 9.88. The molecule has 0 aromatic heterocycles. The van der Waals surface area contributed by atoms with Crippen LogP contribution < -0.4 is 5.73 Å². The Morgan fingerprint density at radius 3 is 2.56 bits per heavy atom. The Kier molecular flexibility index (Phi) is 2.92. The van der Waals surface area contributed by atoms with Gasteiger partial charge in [0, 0.05) is 0 Å². The summed E-state index contributed by atoms with van der Waals surface area (Å²) in [6, 6.07) is -0.557. The van der Waals surface area contributed by atoms with Gasteiger partial charge in [-0.15, -0.1) is 0 Å². The fourth-order valence-corrected chi connectivity index (χ4v) is 2.92. The highest BCUT2D eigenvalue weighted by molar-refractivity contribution is 8.14. The fourth-order valence-electron chi connectivity index (χ4n) is 1.96. The molecule has 2 aliphatic heterocycles. The van der Waals surface area contributed by atoms with E-state index in [-0.39, 0.29) is 0 Å². The molecule has 0 unspecified atom stereocenters. The van der Waals surface area contributed by atoms with Crippen LogP contribution in [0.2, 0.25) is 0 Å². The fraction of sp³-hybridized carbons (Fsp3) is 0.889. The van der Waals surface area contributed by atoms with Gasteiger partial charge in [0.25, 0.3) is 0 Å². The number of hydrogen-bond donors (Lipinski definition) is 4. The predicted octanol–water partition coefficient (Wildman–Crippen LogP) is -1.37. The van der Waals surface area contributed by atoms with E-state index in [4.69, 9.17) is 10.5 Å². The second-order valence-electron chi connectivity index (χ2n) is 4.64. The topological polar surface area (TPSA) is 108 Å². The van der Waals surface area contributed by atoms with Gasteiger partial charge in [0.1, 0.15) is 29.8 Å². The van der Waals surface area contributed by atoms with Crippen LogP contribution in [0.1, 0.15) is 13.8 Å². The van der Waals surface area contributed by atoms with Gasteiger partial charge in [0.2, 0.25) is 0 Å². The molecule has 92 valence electrons. The molecule has 0 aliphatic carbocycles. The number of amidine groups is 1. The maximum Gasteiger partial charge on any atom is 0.157 e. The lowest BCUT2D eigenvalue weighted by atomic mass is 9.89. The molecule has 6 nitrogen and oxygen atoms in total. The molecule has 7 heteroatoms. The van der Waals surface area contributed by atoms with E-state index in [2.05, 4.69) is 4.99 Å². The summed E-state index contributed by atoms with van der Waals surface area (Å²) in [5.74, 6) is 0. The zero-order chi connectivity index (χ0) is 12.1. The summed E-state index contributed by atoms with van der Waals surface area (Å²) >= 11 is 1.20. The average molecular weight is 248 g/mol. The molecule has 0 saturated carbocycles. The van der Waals surface area contributed by atoms with E-state index >= 15 is 0 Å². The van der Waals surface area contributed by atoms with Crippen LogP contribution in [0.4, 0.5) is 0 Å². The predicted molar refractivity (Wildman–Crippen MR) is 60.0 cm³/mol. The minimum absolute atomic E-state index is 0.331. The number of nitrogens with two attached hydrogens (primary N) is 1. The van der Waals surface area contributed by atoms with Gasteiger partial charge in [-0.3, -0.25) is 4.99 Å². The van der Waals surface area contributed by atoms with Crippen LogP contribution in [-0.2, 0) is 4.74 Å². The van der Waals surface area contributed by atoms with E-state index in [1.165, 1.54) is 25.6 Å². The van der Waals surface area contributed by atoms with Crippen molar-refractivity contribution in [3.8, 4) is 0 Å². The Morgan fingerprint density at radius 1 is 1.38 bits per heavy atom. The third-order valence-corrected chi connectivity index (χ3v) is 3.75. The van der Waals surface area contributed by atoms with Gasteiger partial charge in [-0.2, -0.15) is 0 Å². The molecule has 2 heterocycles. The summed E-state index contributed by atoms with van der Waals surface area (Å²) < 4.78 is 5.54. The van der Waals surface area contributed by atoms with Crippen LogP contribution in [0.3, 0.4) is 0 Å². The van der Waals surface area contributed by atoms with Crippen LogP contribution in [-0.4, -0.2) is 55.9 Å². The normalized spacial score (nSPS) is 44.1. The largest absolute Gasteiger partial charge is 0.388 e. The van der Waals surface area contributed by atoms with Gasteiger partial charge in [0.05, 0.1) is 5.60 Å². The van der Waals surface area contributed by atoms with Crippen molar-refractivity contribution in [2.24, 2.45) is 10.7 Å². The van der Waals surface area contributed by atoms with E-state index < -0.39 is 35.4 Å². The van der Waals surface area contributed by atoms with Crippen molar-refractivity contribution in [2.45, 2.75) is 49.2 Å². The van der Waals surface area contributed by atoms with Crippen molar-refractivity contribution < 1.29 is 20.1 Å². The lowest BCUT2D eigenvalue weighted by Gasteiger charge is -2.43. The molecule has 0 amide bonds. The molecule has 16 heavy (non-hydrogen) atoms. The quantitative estimate of drug-likeness (QED) is 0.456. The van der Waals surface area contributed by atoms with Crippen molar-refractivity contribution in [3.05, 3.63) is 0 Å². The first-order valence-electron chi connectivity index (χ1n) is 5.04. The molecule has 2 rings (SSSR count). The molecule has 2 aliphatic rings. The van der Waals surface area contributed by atoms with Crippen LogP contribution in [0, 0.1) is 0 Å². The number of aliphatic hydroxyl groups is 3. The van der Waals surface area contributed by atoms with Gasteiger partial charge in [0.15, 0.2) is 5.17 Å². The molecule has 5 N–H and O–H groups in total. The van der Waals surface area contributed by atoms with E-state index in [0.29, 0.717) is 5.17 Å². The summed E-state index contributed by atoms with van der Waals surface area (Å²) in [4.78, 5) is 4.00. The highest BCUT2D eigenvalue weighted by atomic mass is 32.2. The van der Waals surface area contributed by atoms with Crippen molar-refractivity contribution in [2.75, 3.05) is 0 Å². The number of hydrogen-bond acceptors (Lipinski definition) is 7. The smallest absolute Gasteiger partial charge is 0.157 e. The van der Waals surface area contributed by atoms with Gasteiger partial charge < -0.3 is 25.8 Å². The number of ether oxygens (including phenoxy) is 1. The number of aliphatic hydroxyl groups excluding tert-OH is 2. The molecule has 0 spiro atoms. The summed E-state index contributed by atoms with van der Waals surface area (Å²) in [5.41, 5.74) is 3.87. The first kappa shape index (κ1) is 12.1. The molecule has 0 radical (unpaired) electrons. The number of aliphatic imine (C=N–C) groups is 1. The third-order valence-electron chi connectivity index (χ3n) is 2.78. The molecule has 1 fully saturated rings. The van der Waals surface area contributed by atoms with Gasteiger partial charge in [-0.05, 0) is 13.8 Å². The van der Waals surface area contributed by atoms with Gasteiger partial charge >= 0.3 is 0 Å². The molecule has 0 bridgehead atoms. The van der Waals surface area contributed by atoms with Gasteiger partial charge in [-0.25, -0.2) is 0 Å². The Hall–Kier alpha value is -0.340. The highest BCUT2D eigenvalue weighted by Crippen LogP contribution is 2.37. The second-order valence-corrected chi connectivity index (χ2v) is 5.75. The number of thioether (sulfide) groups is 1. The second kappa shape index (κ2) is 3.85. The summed E-state index contributed by atoms with van der Waals surface area (Å²) in [5, 5.41) is 29.9. The Bertz CT molecular complexity index is 317. The molecule has 1 saturated heterocycles.